The minimum atomic E-state index is -0.861. The minimum Gasteiger partial charge on any atom is -0.342 e. The molecule has 1 rings (SSSR count). The topological polar surface area (TPSA) is 4.36 Å². The van der Waals surface area contributed by atoms with E-state index in [0.29, 0.717) is 5.69 Å². The summed E-state index contributed by atoms with van der Waals surface area (Å²) in [6.45, 7) is 22.4. The SMILES string of the molecule is [C-]#[N+]c1ccc(C=[CH-])cc1.[CH2-][Si](C)(C)C.[Zn+2]. The van der Waals surface area contributed by atoms with Crippen LogP contribution in [0.25, 0.3) is 10.9 Å². The van der Waals surface area contributed by atoms with E-state index in [0.717, 1.165) is 5.56 Å². The molecule has 0 aliphatic rings. The molecule has 0 bridgehead atoms. The Hall–Kier alpha value is -0.710. The van der Waals surface area contributed by atoms with Crippen LogP contribution in [0.3, 0.4) is 0 Å². The quantitative estimate of drug-likeness (QED) is 0.531. The van der Waals surface area contributed by atoms with E-state index in [4.69, 9.17) is 13.2 Å². The molecule has 3 heteroatoms. The van der Waals surface area contributed by atoms with Gasteiger partial charge in [0, 0.05) is 0 Å². The number of hydrogen-bond donors (Lipinski definition) is 0. The summed E-state index contributed by atoms with van der Waals surface area (Å²) in [5, 5.41) is 0. The molecule has 0 heterocycles. The third kappa shape index (κ3) is 11.4. The van der Waals surface area contributed by atoms with Crippen molar-refractivity contribution in [1.82, 2.24) is 0 Å². The van der Waals surface area contributed by atoms with Crippen LogP contribution in [0.4, 0.5) is 5.69 Å². The van der Waals surface area contributed by atoms with Gasteiger partial charge in [-0.2, -0.15) is 5.56 Å². The summed E-state index contributed by atoms with van der Waals surface area (Å²) in [5.74, 6) is 0. The van der Waals surface area contributed by atoms with Crippen LogP contribution in [0.15, 0.2) is 24.3 Å². The molecular formula is C13H17NSiZn. The van der Waals surface area contributed by atoms with Gasteiger partial charge in [-0.3, -0.25) is 6.58 Å². The zero-order valence-corrected chi connectivity index (χ0v) is 14.3. The van der Waals surface area contributed by atoms with Crippen LogP contribution in [0.1, 0.15) is 5.56 Å². The van der Waals surface area contributed by atoms with Crippen molar-refractivity contribution >= 4 is 19.8 Å². The molecule has 1 aromatic carbocycles. The van der Waals surface area contributed by atoms with Gasteiger partial charge in [-0.1, -0.05) is 31.8 Å². The molecule has 0 saturated carbocycles. The first-order chi connectivity index (χ1) is 6.86. The molecule has 0 aliphatic heterocycles. The largest absolute Gasteiger partial charge is 2.00 e. The molecule has 0 unspecified atom stereocenters. The average molecular weight is 281 g/mol. The molecule has 1 aromatic rings. The summed E-state index contributed by atoms with van der Waals surface area (Å²) < 4.78 is 0. The molecule has 0 saturated heterocycles. The monoisotopic (exact) mass is 279 g/mol. The van der Waals surface area contributed by atoms with Crippen LogP contribution in [0.5, 0.6) is 0 Å². The Kier molecular flexibility index (Phi) is 9.33. The molecule has 0 fully saturated rings. The van der Waals surface area contributed by atoms with Gasteiger partial charge in [-0.05, 0) is 0 Å². The summed E-state index contributed by atoms with van der Waals surface area (Å²) in [6.07, 6.45) is 1.51. The summed E-state index contributed by atoms with van der Waals surface area (Å²) in [7, 11) is -0.861. The average Bonchev–Trinajstić information content (AvgIpc) is 2.15. The van der Waals surface area contributed by atoms with Crippen molar-refractivity contribution in [3.63, 3.8) is 0 Å². The Morgan fingerprint density at radius 3 is 1.88 bits per heavy atom. The van der Waals surface area contributed by atoms with Crippen molar-refractivity contribution in [2.45, 2.75) is 19.6 Å². The van der Waals surface area contributed by atoms with E-state index in [1.165, 1.54) is 6.08 Å². The molecule has 0 N–H and O–H groups in total. The Morgan fingerprint density at radius 1 is 1.25 bits per heavy atom. The van der Waals surface area contributed by atoms with Crippen molar-refractivity contribution in [3.8, 4) is 0 Å². The van der Waals surface area contributed by atoms with Crippen molar-refractivity contribution in [3.05, 3.63) is 54.4 Å². The Balaban J connectivity index is 0. The second-order valence-corrected chi connectivity index (χ2v) is 9.55. The van der Waals surface area contributed by atoms with Gasteiger partial charge in [0.2, 0.25) is 0 Å². The van der Waals surface area contributed by atoms with Gasteiger partial charge in [-0.25, -0.2) is 10.9 Å². The molecule has 0 aliphatic carbocycles. The van der Waals surface area contributed by atoms with Gasteiger partial charge >= 0.3 is 19.5 Å². The van der Waals surface area contributed by atoms with Gasteiger partial charge in [0.15, 0.2) is 5.69 Å². The fraction of sp³-hybridized carbons (Fsp3) is 0.231. The third-order valence-electron chi connectivity index (χ3n) is 1.21. The van der Waals surface area contributed by atoms with E-state index >= 15 is 0 Å². The van der Waals surface area contributed by atoms with Crippen molar-refractivity contribution < 1.29 is 19.5 Å². The van der Waals surface area contributed by atoms with Gasteiger partial charge in [0.25, 0.3) is 0 Å². The normalized spacial score (nSPS) is 8.94. The maximum atomic E-state index is 6.65. The van der Waals surface area contributed by atoms with E-state index in [1.54, 1.807) is 12.1 Å². The van der Waals surface area contributed by atoms with Crippen molar-refractivity contribution in [1.29, 1.82) is 0 Å². The Bertz CT molecular complexity index is 338. The first-order valence-electron chi connectivity index (χ1n) is 4.74. The molecule has 80 valence electrons. The van der Waals surface area contributed by atoms with Gasteiger partial charge in [-0.15, -0.1) is 20.2 Å². The molecule has 1 nitrogen and oxygen atoms in total. The van der Waals surface area contributed by atoms with E-state index in [1.807, 2.05) is 12.1 Å². The second kappa shape index (κ2) is 8.44. The third-order valence-corrected chi connectivity index (χ3v) is 1.21. The van der Waals surface area contributed by atoms with Crippen molar-refractivity contribution in [2.24, 2.45) is 0 Å². The van der Waals surface area contributed by atoms with Crippen LogP contribution < -0.4 is 0 Å². The van der Waals surface area contributed by atoms with E-state index in [2.05, 4.69) is 31.0 Å². The molecule has 0 amide bonds. The van der Waals surface area contributed by atoms with Crippen LogP contribution in [-0.2, 0) is 19.5 Å². The first-order valence-corrected chi connectivity index (χ1v) is 8.45. The van der Waals surface area contributed by atoms with Gasteiger partial charge in [0.1, 0.15) is 0 Å². The van der Waals surface area contributed by atoms with Crippen LogP contribution in [-0.4, -0.2) is 8.07 Å². The predicted octanol–water partition coefficient (Wildman–Crippen LogP) is 4.38. The van der Waals surface area contributed by atoms with Crippen molar-refractivity contribution in [2.75, 3.05) is 0 Å². The van der Waals surface area contributed by atoms with Crippen LogP contribution in [0, 0.1) is 19.7 Å². The smallest absolute Gasteiger partial charge is 0.342 e. The maximum absolute atomic E-state index is 6.65. The van der Waals surface area contributed by atoms with Crippen LogP contribution in [0.2, 0.25) is 19.6 Å². The summed E-state index contributed by atoms with van der Waals surface area (Å²) in [4.78, 5) is 3.24. The van der Waals surface area contributed by atoms with Crippen LogP contribution >= 0.6 is 0 Å². The predicted molar refractivity (Wildman–Crippen MR) is 70.2 cm³/mol. The summed E-state index contributed by atoms with van der Waals surface area (Å²) in [6, 6.07) is 7.11. The molecular weight excluding hydrogens is 264 g/mol. The Labute approximate surface area is 113 Å². The zero-order valence-electron chi connectivity index (χ0n) is 10.3. The Morgan fingerprint density at radius 2 is 1.62 bits per heavy atom. The molecule has 0 aromatic heterocycles. The first kappa shape index (κ1) is 17.7. The number of nitrogens with zero attached hydrogens (tertiary/aromatic N) is 1. The van der Waals surface area contributed by atoms with E-state index < -0.39 is 8.07 Å². The number of hydrogen-bond acceptors (Lipinski definition) is 0. The second-order valence-electron chi connectivity index (χ2n) is 4.43. The minimum absolute atomic E-state index is 0. The van der Waals surface area contributed by atoms with Gasteiger partial charge < -0.3 is 6.55 Å². The van der Waals surface area contributed by atoms with E-state index in [9.17, 15) is 0 Å². The molecule has 0 spiro atoms. The number of rotatable bonds is 1. The van der Waals surface area contributed by atoms with E-state index in [-0.39, 0.29) is 19.5 Å². The standard InChI is InChI=1S/C9H6N.C4H11Si.Zn/c1-3-8-4-6-9(10-2)7-5-8;1-5(2,3)4;/h1,3-7H;1H2,2-4H3;/q2*-1;+2. The summed E-state index contributed by atoms with van der Waals surface area (Å²) in [5.41, 5.74) is 1.58. The molecule has 0 radical (unpaired) electrons. The summed E-state index contributed by atoms with van der Waals surface area (Å²) >= 11 is 0. The number of benzene rings is 1. The fourth-order valence-electron chi connectivity index (χ4n) is 0.660. The van der Waals surface area contributed by atoms with Gasteiger partial charge in [0.05, 0.1) is 6.57 Å². The zero-order chi connectivity index (χ0) is 11.9. The molecule has 0 atom stereocenters. The maximum Gasteiger partial charge on any atom is 2.00 e. The fourth-order valence-corrected chi connectivity index (χ4v) is 0.660. The molecule has 16 heavy (non-hydrogen) atoms.